The topological polar surface area (TPSA) is 24.9 Å². The molecule has 0 aliphatic carbocycles. The molecular formula is C29H47ClN2O2. The second-order valence-electron chi connectivity index (χ2n) is 9.13. The van der Waals surface area contributed by atoms with Crippen molar-refractivity contribution in [3.05, 3.63) is 59.7 Å². The van der Waals surface area contributed by atoms with Crippen LogP contribution in [0.4, 0.5) is 0 Å². The number of hydrogen-bond donors (Lipinski definition) is 0. The monoisotopic (exact) mass is 490 g/mol. The molecule has 0 aliphatic heterocycles. The fourth-order valence-electron chi connectivity index (χ4n) is 4.14. The lowest BCUT2D eigenvalue weighted by Crippen LogP contribution is -2.25. The Morgan fingerprint density at radius 3 is 1.21 bits per heavy atom. The zero-order chi connectivity index (χ0) is 24.1. The summed E-state index contributed by atoms with van der Waals surface area (Å²) in [6.07, 6.45) is 2.11. The van der Waals surface area contributed by atoms with Gasteiger partial charge in [0.15, 0.2) is 0 Å². The van der Waals surface area contributed by atoms with Crippen LogP contribution in [0.2, 0.25) is 0 Å². The Morgan fingerprint density at radius 1 is 0.588 bits per heavy atom. The highest BCUT2D eigenvalue weighted by Gasteiger charge is 2.23. The van der Waals surface area contributed by atoms with E-state index in [1.165, 1.54) is 11.1 Å². The summed E-state index contributed by atoms with van der Waals surface area (Å²) in [7, 11) is 0. The molecule has 34 heavy (non-hydrogen) atoms. The molecule has 2 aromatic carbocycles. The fourth-order valence-corrected chi connectivity index (χ4v) is 4.14. The molecule has 0 saturated heterocycles. The zero-order valence-corrected chi connectivity index (χ0v) is 23.1. The average Bonchev–Trinajstić information content (AvgIpc) is 2.85. The van der Waals surface area contributed by atoms with Crippen LogP contribution in [0.1, 0.15) is 65.5 Å². The van der Waals surface area contributed by atoms with E-state index in [0.717, 1.165) is 76.8 Å². The van der Waals surface area contributed by atoms with Gasteiger partial charge in [-0.15, -0.1) is 12.4 Å². The number of ether oxygens (including phenoxy) is 2. The third-order valence-corrected chi connectivity index (χ3v) is 6.72. The van der Waals surface area contributed by atoms with Crippen molar-refractivity contribution in [2.45, 2.75) is 59.8 Å². The molecule has 192 valence electrons. The molecule has 0 aromatic heterocycles. The summed E-state index contributed by atoms with van der Waals surface area (Å²) >= 11 is 0. The lowest BCUT2D eigenvalue weighted by Gasteiger charge is -2.26. The minimum absolute atomic E-state index is 0. The first-order chi connectivity index (χ1) is 15.9. The van der Waals surface area contributed by atoms with Crippen molar-refractivity contribution in [3.63, 3.8) is 0 Å². The van der Waals surface area contributed by atoms with Crippen LogP contribution >= 0.6 is 12.4 Å². The molecule has 5 heteroatoms. The van der Waals surface area contributed by atoms with Crippen molar-refractivity contribution in [2.75, 3.05) is 52.5 Å². The Balaban J connectivity index is 0.00000578. The summed E-state index contributed by atoms with van der Waals surface area (Å²) in [4.78, 5) is 4.86. The normalized spacial score (nSPS) is 11.5. The van der Waals surface area contributed by atoms with Crippen molar-refractivity contribution in [1.82, 2.24) is 9.80 Å². The van der Waals surface area contributed by atoms with Gasteiger partial charge in [-0.05, 0) is 74.4 Å². The molecule has 0 saturated carbocycles. The van der Waals surface area contributed by atoms with Crippen molar-refractivity contribution in [3.8, 4) is 11.5 Å². The predicted molar refractivity (Wildman–Crippen MR) is 148 cm³/mol. The standard InChI is InChI=1S/C29H46N2O2.ClH/c1-7-30(8-2)21-11-23-32-27-17-13-25(14-18-27)29(5,6)26-15-19-28(20-16-26)33-24-12-22-31(9-3)10-4;/h13-20H,7-12,21-24H2,1-6H3;1H. The Bertz CT molecular complexity index is 704. The van der Waals surface area contributed by atoms with Gasteiger partial charge in [-0.3, -0.25) is 0 Å². The third-order valence-electron chi connectivity index (χ3n) is 6.72. The highest BCUT2D eigenvalue weighted by molar-refractivity contribution is 5.85. The molecule has 0 atom stereocenters. The van der Waals surface area contributed by atoms with Crippen molar-refractivity contribution < 1.29 is 9.47 Å². The summed E-state index contributed by atoms with van der Waals surface area (Å²) in [6, 6.07) is 17.2. The van der Waals surface area contributed by atoms with Gasteiger partial charge < -0.3 is 19.3 Å². The molecular weight excluding hydrogens is 444 g/mol. The second kappa shape index (κ2) is 16.0. The molecule has 2 aromatic rings. The summed E-state index contributed by atoms with van der Waals surface area (Å²) in [5, 5.41) is 0. The van der Waals surface area contributed by atoms with Gasteiger partial charge in [-0.25, -0.2) is 0 Å². The van der Waals surface area contributed by atoms with E-state index in [-0.39, 0.29) is 17.8 Å². The van der Waals surface area contributed by atoms with Crippen LogP contribution in [-0.4, -0.2) is 62.3 Å². The molecule has 0 amide bonds. The highest BCUT2D eigenvalue weighted by Crippen LogP contribution is 2.33. The van der Waals surface area contributed by atoms with Crippen LogP contribution in [0.5, 0.6) is 11.5 Å². The molecule has 0 radical (unpaired) electrons. The second-order valence-corrected chi connectivity index (χ2v) is 9.13. The van der Waals surface area contributed by atoms with Gasteiger partial charge in [0.1, 0.15) is 11.5 Å². The van der Waals surface area contributed by atoms with E-state index < -0.39 is 0 Å². The number of rotatable bonds is 16. The molecule has 0 heterocycles. The van der Waals surface area contributed by atoms with Crippen LogP contribution in [0.15, 0.2) is 48.5 Å². The molecule has 0 unspecified atom stereocenters. The van der Waals surface area contributed by atoms with E-state index in [9.17, 15) is 0 Å². The Morgan fingerprint density at radius 2 is 0.912 bits per heavy atom. The quantitative estimate of drug-likeness (QED) is 0.246. The first kappa shape index (κ1) is 30.3. The fraction of sp³-hybridized carbons (Fsp3) is 0.586. The van der Waals surface area contributed by atoms with E-state index in [4.69, 9.17) is 9.47 Å². The van der Waals surface area contributed by atoms with Crippen LogP contribution in [0, 0.1) is 0 Å². The first-order valence-electron chi connectivity index (χ1n) is 12.9. The maximum atomic E-state index is 5.96. The summed E-state index contributed by atoms with van der Waals surface area (Å²) in [6.45, 7) is 21.5. The lowest BCUT2D eigenvalue weighted by molar-refractivity contribution is 0.249. The van der Waals surface area contributed by atoms with Gasteiger partial charge in [0.25, 0.3) is 0 Å². The lowest BCUT2D eigenvalue weighted by atomic mass is 9.78. The zero-order valence-electron chi connectivity index (χ0n) is 22.3. The largest absolute Gasteiger partial charge is 0.494 e. The van der Waals surface area contributed by atoms with Gasteiger partial charge in [-0.1, -0.05) is 65.8 Å². The summed E-state index contributed by atoms with van der Waals surface area (Å²) in [5.41, 5.74) is 2.49. The molecule has 2 rings (SSSR count). The minimum atomic E-state index is -0.0808. The summed E-state index contributed by atoms with van der Waals surface area (Å²) in [5.74, 6) is 1.89. The van der Waals surface area contributed by atoms with Crippen molar-refractivity contribution in [1.29, 1.82) is 0 Å². The number of benzene rings is 2. The van der Waals surface area contributed by atoms with Gasteiger partial charge in [0.2, 0.25) is 0 Å². The number of halogens is 1. The molecule has 0 fully saturated rings. The SMILES string of the molecule is CCN(CC)CCCOc1ccc(C(C)(C)c2ccc(OCCCN(CC)CC)cc2)cc1.Cl. The predicted octanol–water partition coefficient (Wildman–Crippen LogP) is 6.66. The van der Waals surface area contributed by atoms with Gasteiger partial charge in [-0.2, -0.15) is 0 Å². The van der Waals surface area contributed by atoms with Crippen LogP contribution in [0.3, 0.4) is 0 Å². The first-order valence-corrected chi connectivity index (χ1v) is 12.9. The van der Waals surface area contributed by atoms with Crippen LogP contribution in [0.25, 0.3) is 0 Å². The Hall–Kier alpha value is -1.75. The Labute approximate surface area is 215 Å². The van der Waals surface area contributed by atoms with Crippen LogP contribution < -0.4 is 9.47 Å². The van der Waals surface area contributed by atoms with E-state index in [2.05, 4.69) is 99.9 Å². The van der Waals surface area contributed by atoms with E-state index in [1.807, 2.05) is 0 Å². The average molecular weight is 491 g/mol. The third kappa shape index (κ3) is 9.48. The van der Waals surface area contributed by atoms with Crippen molar-refractivity contribution >= 4 is 12.4 Å². The summed E-state index contributed by atoms with van der Waals surface area (Å²) < 4.78 is 11.9. The van der Waals surface area contributed by atoms with E-state index in [0.29, 0.717) is 0 Å². The van der Waals surface area contributed by atoms with Gasteiger partial charge >= 0.3 is 0 Å². The van der Waals surface area contributed by atoms with Crippen molar-refractivity contribution in [2.24, 2.45) is 0 Å². The molecule has 0 bridgehead atoms. The maximum absolute atomic E-state index is 5.96. The Kier molecular flexibility index (Phi) is 14.3. The molecule has 0 aliphatic rings. The number of hydrogen-bond acceptors (Lipinski definition) is 4. The highest BCUT2D eigenvalue weighted by atomic mass is 35.5. The van der Waals surface area contributed by atoms with E-state index in [1.54, 1.807) is 0 Å². The van der Waals surface area contributed by atoms with E-state index >= 15 is 0 Å². The van der Waals surface area contributed by atoms with Gasteiger partial charge in [0, 0.05) is 18.5 Å². The molecule has 4 nitrogen and oxygen atoms in total. The van der Waals surface area contributed by atoms with Gasteiger partial charge in [0.05, 0.1) is 13.2 Å². The molecule has 0 N–H and O–H groups in total. The van der Waals surface area contributed by atoms with Crippen LogP contribution in [-0.2, 0) is 5.41 Å². The minimum Gasteiger partial charge on any atom is -0.494 e. The molecule has 0 spiro atoms. The number of nitrogens with zero attached hydrogens (tertiary/aromatic N) is 2. The maximum Gasteiger partial charge on any atom is 0.119 e. The smallest absolute Gasteiger partial charge is 0.119 e.